The molecule has 25 heavy (non-hydrogen) atoms. The van der Waals surface area contributed by atoms with Gasteiger partial charge in [0.15, 0.2) is 0 Å². The highest BCUT2D eigenvalue weighted by Gasteiger charge is 2.45. The fourth-order valence-electron chi connectivity index (χ4n) is 2.75. The van der Waals surface area contributed by atoms with Gasteiger partial charge >= 0.3 is 12.0 Å². The summed E-state index contributed by atoms with van der Waals surface area (Å²) in [6.45, 7) is 2.35. The van der Waals surface area contributed by atoms with Crippen LogP contribution in [0.5, 0.6) is 0 Å². The number of anilines is 1. The first-order valence-corrected chi connectivity index (χ1v) is 8.42. The van der Waals surface area contributed by atoms with Crippen molar-refractivity contribution in [2.24, 2.45) is 5.41 Å². The summed E-state index contributed by atoms with van der Waals surface area (Å²) in [4.78, 5) is 37.6. The molecule has 1 aliphatic carbocycles. The summed E-state index contributed by atoms with van der Waals surface area (Å²) >= 11 is 0. The third-order valence-corrected chi connectivity index (χ3v) is 4.38. The van der Waals surface area contributed by atoms with E-state index in [1.165, 1.54) is 4.90 Å². The third kappa shape index (κ3) is 4.49. The maximum Gasteiger partial charge on any atom is 0.319 e. The number of hydrogen-bond acceptors (Lipinski definition) is 4. The topological polar surface area (TPSA) is 87.7 Å². The van der Waals surface area contributed by atoms with Crippen LogP contribution in [0.1, 0.15) is 36.5 Å². The zero-order valence-corrected chi connectivity index (χ0v) is 14.9. The summed E-state index contributed by atoms with van der Waals surface area (Å²) in [7, 11) is 3.34. The predicted octanol–water partition coefficient (Wildman–Crippen LogP) is 2.24. The standard InChI is InChI=1S/C18H25N3O4/c1-4-25-16(23)18(9-6-10-18)12-19-17(24)20-14-8-5-7-13(11-14)15(22)21(2)3/h5,7-8,11H,4,6,9-10,12H2,1-3H3,(H2,19,20,24). The summed E-state index contributed by atoms with van der Waals surface area (Å²) in [5.74, 6) is -0.389. The maximum atomic E-state index is 12.1. The molecule has 7 heteroatoms. The highest BCUT2D eigenvalue weighted by Crippen LogP contribution is 2.41. The van der Waals surface area contributed by atoms with E-state index >= 15 is 0 Å². The van der Waals surface area contributed by atoms with Crippen LogP contribution in [-0.2, 0) is 9.53 Å². The van der Waals surface area contributed by atoms with Crippen LogP contribution in [0.3, 0.4) is 0 Å². The molecule has 1 fully saturated rings. The highest BCUT2D eigenvalue weighted by atomic mass is 16.5. The Labute approximate surface area is 147 Å². The number of benzene rings is 1. The van der Waals surface area contributed by atoms with E-state index in [-0.39, 0.29) is 18.4 Å². The normalized spacial score (nSPS) is 14.8. The molecule has 1 aliphatic rings. The van der Waals surface area contributed by atoms with E-state index in [0.29, 0.717) is 17.9 Å². The van der Waals surface area contributed by atoms with Gasteiger partial charge in [0.1, 0.15) is 0 Å². The molecule has 3 amide bonds. The molecule has 0 heterocycles. The molecule has 2 rings (SSSR count). The molecule has 0 bridgehead atoms. The molecular formula is C18H25N3O4. The van der Waals surface area contributed by atoms with E-state index in [4.69, 9.17) is 4.74 Å². The zero-order valence-electron chi connectivity index (χ0n) is 14.9. The molecule has 136 valence electrons. The van der Waals surface area contributed by atoms with Gasteiger partial charge in [-0.05, 0) is 38.0 Å². The quantitative estimate of drug-likeness (QED) is 0.773. The average molecular weight is 347 g/mol. The number of urea groups is 1. The summed E-state index contributed by atoms with van der Waals surface area (Å²) in [6, 6.07) is 6.31. The van der Waals surface area contributed by atoms with Crippen LogP contribution in [0.2, 0.25) is 0 Å². The molecule has 0 radical (unpaired) electrons. The van der Waals surface area contributed by atoms with E-state index in [9.17, 15) is 14.4 Å². The van der Waals surface area contributed by atoms with Crippen LogP contribution in [0.25, 0.3) is 0 Å². The van der Waals surface area contributed by atoms with Crippen molar-refractivity contribution in [3.63, 3.8) is 0 Å². The van der Waals surface area contributed by atoms with Crippen molar-refractivity contribution in [1.82, 2.24) is 10.2 Å². The predicted molar refractivity (Wildman–Crippen MR) is 94.4 cm³/mol. The lowest BCUT2D eigenvalue weighted by atomic mass is 9.68. The van der Waals surface area contributed by atoms with Gasteiger partial charge in [-0.3, -0.25) is 9.59 Å². The minimum Gasteiger partial charge on any atom is -0.466 e. The Bertz CT molecular complexity index is 653. The third-order valence-electron chi connectivity index (χ3n) is 4.38. The van der Waals surface area contributed by atoms with Gasteiger partial charge in [0.25, 0.3) is 5.91 Å². The van der Waals surface area contributed by atoms with E-state index in [1.54, 1.807) is 45.3 Å². The maximum absolute atomic E-state index is 12.1. The van der Waals surface area contributed by atoms with Crippen molar-refractivity contribution in [1.29, 1.82) is 0 Å². The number of carbonyl (C=O) groups is 3. The number of hydrogen-bond donors (Lipinski definition) is 2. The summed E-state index contributed by atoms with van der Waals surface area (Å²) in [6.07, 6.45) is 2.40. The molecule has 0 atom stereocenters. The Morgan fingerprint density at radius 3 is 2.52 bits per heavy atom. The van der Waals surface area contributed by atoms with Gasteiger partial charge in [-0.15, -0.1) is 0 Å². The van der Waals surface area contributed by atoms with Gasteiger partial charge in [-0.25, -0.2) is 4.79 Å². The Balaban J connectivity index is 1.93. The highest BCUT2D eigenvalue weighted by molar-refractivity contribution is 5.96. The van der Waals surface area contributed by atoms with Gasteiger partial charge in [0, 0.05) is 31.9 Å². The minimum atomic E-state index is -0.601. The van der Waals surface area contributed by atoms with E-state index in [0.717, 1.165) is 19.3 Å². The first-order chi connectivity index (χ1) is 11.9. The first-order valence-electron chi connectivity index (χ1n) is 8.42. The molecule has 1 aromatic carbocycles. The number of esters is 1. The van der Waals surface area contributed by atoms with Gasteiger partial charge in [0.05, 0.1) is 12.0 Å². The van der Waals surface area contributed by atoms with Crippen LogP contribution in [0.15, 0.2) is 24.3 Å². The van der Waals surface area contributed by atoms with Crippen molar-refractivity contribution < 1.29 is 19.1 Å². The number of amides is 3. The van der Waals surface area contributed by atoms with Crippen molar-refractivity contribution >= 4 is 23.6 Å². The lowest BCUT2D eigenvalue weighted by Gasteiger charge is -2.39. The molecule has 0 spiro atoms. The molecule has 2 N–H and O–H groups in total. The van der Waals surface area contributed by atoms with Gasteiger partial charge in [-0.2, -0.15) is 0 Å². The Morgan fingerprint density at radius 1 is 1.24 bits per heavy atom. The van der Waals surface area contributed by atoms with E-state index < -0.39 is 11.4 Å². The lowest BCUT2D eigenvalue weighted by Crippen LogP contribution is -2.49. The van der Waals surface area contributed by atoms with Gasteiger partial charge in [-0.1, -0.05) is 12.5 Å². The van der Waals surface area contributed by atoms with Gasteiger partial charge < -0.3 is 20.3 Å². The Morgan fingerprint density at radius 2 is 1.96 bits per heavy atom. The van der Waals surface area contributed by atoms with E-state index in [1.807, 2.05) is 0 Å². The molecule has 7 nitrogen and oxygen atoms in total. The fourth-order valence-corrected chi connectivity index (χ4v) is 2.75. The van der Waals surface area contributed by atoms with Crippen molar-refractivity contribution in [3.05, 3.63) is 29.8 Å². The second kappa shape index (κ2) is 8.00. The number of ether oxygens (including phenoxy) is 1. The van der Waals surface area contributed by atoms with Crippen LogP contribution < -0.4 is 10.6 Å². The monoisotopic (exact) mass is 347 g/mol. The minimum absolute atomic E-state index is 0.139. The second-order valence-corrected chi connectivity index (χ2v) is 6.44. The number of nitrogens with one attached hydrogen (secondary N) is 2. The molecule has 1 aromatic rings. The Hall–Kier alpha value is -2.57. The molecule has 0 aromatic heterocycles. The van der Waals surface area contributed by atoms with Crippen LogP contribution >= 0.6 is 0 Å². The fraction of sp³-hybridized carbons (Fsp3) is 0.500. The average Bonchev–Trinajstić information content (AvgIpc) is 2.53. The first kappa shape index (κ1) is 18.8. The molecule has 1 saturated carbocycles. The Kier molecular flexibility index (Phi) is 6.01. The number of rotatable bonds is 6. The molecular weight excluding hydrogens is 322 g/mol. The number of nitrogens with zero attached hydrogens (tertiary/aromatic N) is 1. The number of carbonyl (C=O) groups excluding carboxylic acids is 3. The van der Waals surface area contributed by atoms with Crippen molar-refractivity contribution in [2.45, 2.75) is 26.2 Å². The smallest absolute Gasteiger partial charge is 0.319 e. The zero-order chi connectivity index (χ0) is 18.4. The molecule has 0 aliphatic heterocycles. The largest absolute Gasteiger partial charge is 0.466 e. The van der Waals surface area contributed by atoms with Gasteiger partial charge in [0.2, 0.25) is 0 Å². The summed E-state index contributed by atoms with van der Waals surface area (Å²) in [5, 5.41) is 5.43. The summed E-state index contributed by atoms with van der Waals surface area (Å²) in [5.41, 5.74) is 0.407. The van der Waals surface area contributed by atoms with Crippen LogP contribution in [0, 0.1) is 5.41 Å². The van der Waals surface area contributed by atoms with Crippen molar-refractivity contribution in [3.8, 4) is 0 Å². The lowest BCUT2D eigenvalue weighted by molar-refractivity contribution is -0.160. The van der Waals surface area contributed by atoms with Crippen LogP contribution in [-0.4, -0.2) is 50.1 Å². The molecule has 0 saturated heterocycles. The molecule has 0 unspecified atom stereocenters. The van der Waals surface area contributed by atoms with E-state index in [2.05, 4.69) is 10.6 Å². The van der Waals surface area contributed by atoms with Crippen molar-refractivity contribution in [2.75, 3.05) is 32.6 Å². The second-order valence-electron chi connectivity index (χ2n) is 6.44. The SMILES string of the molecule is CCOC(=O)C1(CNC(=O)Nc2cccc(C(=O)N(C)C)c2)CCC1. The van der Waals surface area contributed by atoms with Crippen LogP contribution in [0.4, 0.5) is 10.5 Å². The summed E-state index contributed by atoms with van der Waals surface area (Å²) < 4.78 is 5.11.